The largest absolute Gasteiger partial charge is 0.471 e. The zero-order valence-corrected chi connectivity index (χ0v) is 18.6. The number of nitrogens with zero attached hydrogens (tertiary/aromatic N) is 1. The summed E-state index contributed by atoms with van der Waals surface area (Å²) in [7, 11) is 0. The maximum absolute atomic E-state index is 13.5. The van der Waals surface area contributed by atoms with Crippen molar-refractivity contribution in [1.29, 1.82) is 0 Å². The molecule has 0 N–H and O–H groups in total. The van der Waals surface area contributed by atoms with E-state index in [0.717, 1.165) is 10.5 Å². The van der Waals surface area contributed by atoms with E-state index in [1.165, 1.54) is 0 Å². The van der Waals surface area contributed by atoms with Crippen molar-refractivity contribution in [3.63, 3.8) is 0 Å². The van der Waals surface area contributed by atoms with Crippen LogP contribution in [0.2, 0.25) is 0 Å². The van der Waals surface area contributed by atoms with E-state index in [0.29, 0.717) is 13.0 Å². The molecule has 1 aromatic carbocycles. The Hall–Kier alpha value is -2.35. The highest BCUT2D eigenvalue weighted by Gasteiger charge is 2.53. The second kappa shape index (κ2) is 9.65. The summed E-state index contributed by atoms with van der Waals surface area (Å²) in [6.07, 6.45) is -1.42. The number of benzene rings is 1. The molecule has 5 nitrogen and oxygen atoms in total. The molecule has 32 heavy (non-hydrogen) atoms. The Morgan fingerprint density at radius 3 is 2.53 bits per heavy atom. The number of hydrogen-bond donors (Lipinski definition) is 0. The lowest BCUT2D eigenvalue weighted by Gasteiger charge is -2.42. The zero-order chi connectivity index (χ0) is 23.5. The van der Waals surface area contributed by atoms with Crippen LogP contribution in [0.4, 0.5) is 13.2 Å². The molecule has 1 aromatic rings. The summed E-state index contributed by atoms with van der Waals surface area (Å²) in [5, 5.41) is 0. The first-order chi connectivity index (χ1) is 15.1. The topological polar surface area (TPSA) is 55.8 Å². The average molecular weight is 454 g/mol. The summed E-state index contributed by atoms with van der Waals surface area (Å²) >= 11 is 0. The van der Waals surface area contributed by atoms with Crippen LogP contribution >= 0.6 is 0 Å². The molecule has 1 aliphatic carbocycles. The minimum Gasteiger partial charge on any atom is -0.460 e. The van der Waals surface area contributed by atoms with E-state index in [1.807, 2.05) is 44.2 Å². The van der Waals surface area contributed by atoms with E-state index in [2.05, 4.69) is 0 Å². The van der Waals surface area contributed by atoms with Gasteiger partial charge < -0.3 is 14.4 Å². The lowest BCUT2D eigenvalue weighted by atomic mass is 9.76. The lowest BCUT2D eigenvalue weighted by Crippen LogP contribution is -2.56. The first-order valence-corrected chi connectivity index (χ1v) is 10.9. The Morgan fingerprint density at radius 2 is 1.94 bits per heavy atom. The first kappa shape index (κ1) is 24.3. The highest BCUT2D eigenvalue weighted by Crippen LogP contribution is 2.44. The summed E-state index contributed by atoms with van der Waals surface area (Å²) < 4.78 is 51.5. The molecule has 1 aliphatic heterocycles. The Balaban J connectivity index is 1.83. The molecule has 3 rings (SSSR count). The van der Waals surface area contributed by atoms with Gasteiger partial charge in [-0.3, -0.25) is 9.59 Å². The third-order valence-electron chi connectivity index (χ3n) is 6.57. The van der Waals surface area contributed by atoms with Crippen LogP contribution in [0.25, 0.3) is 0 Å². The van der Waals surface area contributed by atoms with Crippen molar-refractivity contribution >= 4 is 11.9 Å². The molecule has 1 saturated heterocycles. The molecule has 0 bridgehead atoms. The third kappa shape index (κ3) is 5.00. The van der Waals surface area contributed by atoms with E-state index in [-0.39, 0.29) is 31.5 Å². The quantitative estimate of drug-likeness (QED) is 0.470. The van der Waals surface area contributed by atoms with Crippen molar-refractivity contribution in [1.82, 2.24) is 4.90 Å². The number of rotatable bonds is 6. The molecule has 1 fully saturated rings. The predicted octanol–water partition coefficient (Wildman–Crippen LogP) is 4.52. The van der Waals surface area contributed by atoms with Crippen LogP contribution in [0.3, 0.4) is 0 Å². The van der Waals surface area contributed by atoms with Gasteiger partial charge in [0.1, 0.15) is 6.61 Å². The smallest absolute Gasteiger partial charge is 0.460 e. The van der Waals surface area contributed by atoms with Crippen LogP contribution in [-0.2, 0) is 25.7 Å². The zero-order valence-electron chi connectivity index (χ0n) is 18.6. The molecule has 4 atom stereocenters. The monoisotopic (exact) mass is 453 g/mol. The number of esters is 1. The van der Waals surface area contributed by atoms with Gasteiger partial charge in [-0.15, -0.1) is 0 Å². The maximum atomic E-state index is 13.5. The van der Waals surface area contributed by atoms with Crippen LogP contribution in [0.15, 0.2) is 42.5 Å². The average Bonchev–Trinajstić information content (AvgIpc) is 3.20. The highest BCUT2D eigenvalue weighted by atomic mass is 19.4. The van der Waals surface area contributed by atoms with Gasteiger partial charge in [0, 0.05) is 18.6 Å². The Morgan fingerprint density at radius 1 is 1.25 bits per heavy atom. The van der Waals surface area contributed by atoms with E-state index in [1.54, 1.807) is 19.1 Å². The predicted molar refractivity (Wildman–Crippen MR) is 112 cm³/mol. The number of hydrogen-bond acceptors (Lipinski definition) is 4. The van der Waals surface area contributed by atoms with Gasteiger partial charge in [-0.2, -0.15) is 13.2 Å². The van der Waals surface area contributed by atoms with Gasteiger partial charge >= 0.3 is 18.1 Å². The van der Waals surface area contributed by atoms with E-state index >= 15 is 0 Å². The van der Waals surface area contributed by atoms with Crippen molar-refractivity contribution in [2.45, 2.75) is 58.5 Å². The summed E-state index contributed by atoms with van der Waals surface area (Å²) in [5.41, 5.74) is -0.277. The molecule has 0 spiro atoms. The Bertz CT molecular complexity index is 839. The SMILES string of the molecule is CC1COCCC1N(C(=O)C(F)(F)F)C1C=C[C@@](C(=O)OCc2ccccc2)(C(C)C)C1. The van der Waals surface area contributed by atoms with Crippen molar-refractivity contribution < 1.29 is 32.2 Å². The van der Waals surface area contributed by atoms with Gasteiger partial charge in [-0.1, -0.05) is 63.3 Å². The fourth-order valence-corrected chi connectivity index (χ4v) is 4.60. The van der Waals surface area contributed by atoms with Gasteiger partial charge in [-0.05, 0) is 24.3 Å². The van der Waals surface area contributed by atoms with Crippen LogP contribution in [-0.4, -0.2) is 48.3 Å². The second-order valence-corrected chi connectivity index (χ2v) is 9.01. The van der Waals surface area contributed by atoms with E-state index in [9.17, 15) is 22.8 Å². The van der Waals surface area contributed by atoms with Gasteiger partial charge in [-0.25, -0.2) is 0 Å². The summed E-state index contributed by atoms with van der Waals surface area (Å²) in [4.78, 5) is 26.5. The molecule has 3 unspecified atom stereocenters. The van der Waals surface area contributed by atoms with Crippen LogP contribution in [0.5, 0.6) is 0 Å². The van der Waals surface area contributed by atoms with Gasteiger partial charge in [0.15, 0.2) is 0 Å². The summed E-state index contributed by atoms with van der Waals surface area (Å²) in [6.45, 7) is 6.11. The Kier molecular flexibility index (Phi) is 7.32. The number of carbonyl (C=O) groups is 2. The van der Waals surface area contributed by atoms with Crippen molar-refractivity contribution in [3.8, 4) is 0 Å². The molecule has 0 aromatic heterocycles. The standard InChI is InChI=1S/C24H30F3NO4/c1-16(2)23(22(30)32-15-18-7-5-4-6-8-18)11-9-19(13-23)28(21(29)24(25,26)27)20-10-12-31-14-17(20)3/h4-9,11,16-17,19-20H,10,12-15H2,1-3H3/t17?,19?,20?,23-/m0/s1. The van der Waals surface area contributed by atoms with Crippen LogP contribution in [0, 0.1) is 17.3 Å². The van der Waals surface area contributed by atoms with Crippen molar-refractivity contribution in [2.24, 2.45) is 17.3 Å². The van der Waals surface area contributed by atoms with Gasteiger partial charge in [0.25, 0.3) is 0 Å². The molecule has 1 heterocycles. The number of halogens is 3. The van der Waals surface area contributed by atoms with Crippen LogP contribution < -0.4 is 0 Å². The fraction of sp³-hybridized carbons (Fsp3) is 0.583. The lowest BCUT2D eigenvalue weighted by molar-refractivity contribution is -0.193. The molecule has 0 radical (unpaired) electrons. The molecule has 8 heteroatoms. The molecule has 1 amide bonds. The fourth-order valence-electron chi connectivity index (χ4n) is 4.60. The van der Waals surface area contributed by atoms with Gasteiger partial charge in [0.05, 0.1) is 18.1 Å². The number of carbonyl (C=O) groups excluding carboxylic acids is 2. The van der Waals surface area contributed by atoms with Gasteiger partial charge in [0.2, 0.25) is 0 Å². The van der Waals surface area contributed by atoms with E-state index in [4.69, 9.17) is 9.47 Å². The molecule has 2 aliphatic rings. The van der Waals surface area contributed by atoms with E-state index < -0.39 is 35.6 Å². The molecule has 176 valence electrons. The first-order valence-electron chi connectivity index (χ1n) is 10.9. The molecular formula is C24H30F3NO4. The summed E-state index contributed by atoms with van der Waals surface area (Å²) in [5.74, 6) is -2.83. The third-order valence-corrected chi connectivity index (χ3v) is 6.57. The van der Waals surface area contributed by atoms with Crippen LogP contribution in [0.1, 0.15) is 39.2 Å². The maximum Gasteiger partial charge on any atom is 0.471 e. The highest BCUT2D eigenvalue weighted by molar-refractivity contribution is 5.84. The number of amides is 1. The number of ether oxygens (including phenoxy) is 2. The summed E-state index contributed by atoms with van der Waals surface area (Å²) in [6, 6.07) is 7.73. The van der Waals surface area contributed by atoms with Crippen molar-refractivity contribution in [2.75, 3.05) is 13.2 Å². The van der Waals surface area contributed by atoms with Crippen molar-refractivity contribution in [3.05, 3.63) is 48.0 Å². The molecule has 0 saturated carbocycles. The molecular weight excluding hydrogens is 423 g/mol. The minimum atomic E-state index is -5.00. The Labute approximate surface area is 186 Å². The normalized spacial score (nSPS) is 28.0. The minimum absolute atomic E-state index is 0.0597. The second-order valence-electron chi connectivity index (χ2n) is 9.01. The number of alkyl halides is 3.